The Labute approximate surface area is 116 Å². The van der Waals surface area contributed by atoms with E-state index in [9.17, 15) is 0 Å². The Morgan fingerprint density at radius 1 is 1.21 bits per heavy atom. The molecule has 0 saturated heterocycles. The monoisotopic (exact) mass is 267 g/mol. The Morgan fingerprint density at radius 2 is 2.05 bits per heavy atom. The van der Waals surface area contributed by atoms with Crippen LogP contribution in [0.1, 0.15) is 25.5 Å². The lowest BCUT2D eigenvalue weighted by Gasteiger charge is -2.19. The molecule has 0 heterocycles. The molecule has 4 heteroatoms. The lowest BCUT2D eigenvalue weighted by molar-refractivity contribution is 0.0588. The van der Waals surface area contributed by atoms with E-state index in [1.807, 2.05) is 19.1 Å². The molecular formula is C15H25NO3. The van der Waals surface area contributed by atoms with E-state index in [0.29, 0.717) is 26.4 Å². The van der Waals surface area contributed by atoms with Crippen molar-refractivity contribution >= 4 is 0 Å². The Bertz CT molecular complexity index is 344. The molecular weight excluding hydrogens is 242 g/mol. The van der Waals surface area contributed by atoms with Crippen molar-refractivity contribution in [2.24, 2.45) is 0 Å². The SMILES string of the molecule is CCNC(COCCOC)c1cccc(OCC)c1. The number of ether oxygens (including phenoxy) is 3. The zero-order valence-corrected chi connectivity index (χ0v) is 12.1. The lowest BCUT2D eigenvalue weighted by atomic mass is 10.1. The van der Waals surface area contributed by atoms with E-state index in [0.717, 1.165) is 12.3 Å². The van der Waals surface area contributed by atoms with Gasteiger partial charge in [0.15, 0.2) is 0 Å². The molecule has 0 bridgehead atoms. The largest absolute Gasteiger partial charge is 0.494 e. The first-order valence-corrected chi connectivity index (χ1v) is 6.84. The van der Waals surface area contributed by atoms with Crippen molar-refractivity contribution in [1.82, 2.24) is 5.32 Å². The minimum Gasteiger partial charge on any atom is -0.494 e. The van der Waals surface area contributed by atoms with Crippen molar-refractivity contribution in [3.8, 4) is 5.75 Å². The molecule has 1 unspecified atom stereocenters. The summed E-state index contributed by atoms with van der Waals surface area (Å²) in [6, 6.07) is 8.33. The average Bonchev–Trinajstić information content (AvgIpc) is 2.43. The van der Waals surface area contributed by atoms with E-state index in [1.54, 1.807) is 7.11 Å². The van der Waals surface area contributed by atoms with Crippen LogP contribution in [0.5, 0.6) is 5.75 Å². The molecule has 0 aliphatic rings. The van der Waals surface area contributed by atoms with Crippen LogP contribution >= 0.6 is 0 Å². The second-order valence-corrected chi connectivity index (χ2v) is 4.18. The minimum absolute atomic E-state index is 0.183. The van der Waals surface area contributed by atoms with E-state index in [-0.39, 0.29) is 6.04 Å². The van der Waals surface area contributed by atoms with E-state index in [2.05, 4.69) is 24.4 Å². The van der Waals surface area contributed by atoms with Crippen LogP contribution in [0.4, 0.5) is 0 Å². The van der Waals surface area contributed by atoms with Gasteiger partial charge in [-0.2, -0.15) is 0 Å². The summed E-state index contributed by atoms with van der Waals surface area (Å²) in [5.41, 5.74) is 1.19. The maximum absolute atomic E-state index is 5.61. The standard InChI is InChI=1S/C15H25NO3/c1-4-16-15(12-18-10-9-17-3)13-7-6-8-14(11-13)19-5-2/h6-8,11,15-16H,4-5,9-10,12H2,1-3H3. The van der Waals surface area contributed by atoms with Gasteiger partial charge in [-0.3, -0.25) is 0 Å². The highest BCUT2D eigenvalue weighted by Crippen LogP contribution is 2.19. The molecule has 1 N–H and O–H groups in total. The van der Waals surface area contributed by atoms with E-state index in [1.165, 1.54) is 5.56 Å². The molecule has 0 fully saturated rings. The first kappa shape index (κ1) is 16.0. The van der Waals surface area contributed by atoms with Gasteiger partial charge in [-0.05, 0) is 31.2 Å². The summed E-state index contributed by atoms with van der Waals surface area (Å²) in [5.74, 6) is 0.903. The third-order valence-electron chi connectivity index (χ3n) is 2.74. The molecule has 0 saturated carbocycles. The predicted molar refractivity (Wildman–Crippen MR) is 76.7 cm³/mol. The van der Waals surface area contributed by atoms with Crippen LogP contribution < -0.4 is 10.1 Å². The predicted octanol–water partition coefficient (Wildman–Crippen LogP) is 2.40. The molecule has 0 spiro atoms. The van der Waals surface area contributed by atoms with Gasteiger partial charge in [-0.25, -0.2) is 0 Å². The normalized spacial score (nSPS) is 12.4. The van der Waals surface area contributed by atoms with Gasteiger partial charge in [0, 0.05) is 7.11 Å². The van der Waals surface area contributed by atoms with Gasteiger partial charge in [-0.1, -0.05) is 19.1 Å². The first-order chi connectivity index (χ1) is 9.31. The van der Waals surface area contributed by atoms with Gasteiger partial charge >= 0.3 is 0 Å². The van der Waals surface area contributed by atoms with Crippen LogP contribution in [0.15, 0.2) is 24.3 Å². The molecule has 1 aromatic rings. The molecule has 0 aliphatic heterocycles. The number of likely N-dealkylation sites (N-methyl/N-ethyl adjacent to an activating group) is 1. The van der Waals surface area contributed by atoms with Gasteiger partial charge < -0.3 is 19.5 Å². The van der Waals surface area contributed by atoms with Crippen molar-refractivity contribution in [1.29, 1.82) is 0 Å². The lowest BCUT2D eigenvalue weighted by Crippen LogP contribution is -2.26. The molecule has 1 rings (SSSR count). The highest BCUT2D eigenvalue weighted by atomic mass is 16.5. The average molecular weight is 267 g/mol. The third kappa shape index (κ3) is 6.05. The zero-order chi connectivity index (χ0) is 13.9. The number of hydrogen-bond donors (Lipinski definition) is 1. The van der Waals surface area contributed by atoms with Crippen molar-refractivity contribution in [2.45, 2.75) is 19.9 Å². The maximum Gasteiger partial charge on any atom is 0.119 e. The van der Waals surface area contributed by atoms with Crippen LogP contribution in [0, 0.1) is 0 Å². The fraction of sp³-hybridized carbons (Fsp3) is 0.600. The van der Waals surface area contributed by atoms with Crippen LogP contribution in [0.3, 0.4) is 0 Å². The summed E-state index contributed by atoms with van der Waals surface area (Å²) in [4.78, 5) is 0. The molecule has 0 aromatic heterocycles. The van der Waals surface area contributed by atoms with E-state index < -0.39 is 0 Å². The third-order valence-corrected chi connectivity index (χ3v) is 2.74. The highest BCUT2D eigenvalue weighted by molar-refractivity contribution is 5.30. The topological polar surface area (TPSA) is 39.7 Å². The molecule has 1 aromatic carbocycles. The van der Waals surface area contributed by atoms with Gasteiger partial charge in [-0.15, -0.1) is 0 Å². The van der Waals surface area contributed by atoms with Gasteiger partial charge in [0.2, 0.25) is 0 Å². The summed E-state index contributed by atoms with van der Waals surface area (Å²) in [6.07, 6.45) is 0. The zero-order valence-electron chi connectivity index (χ0n) is 12.1. The Morgan fingerprint density at radius 3 is 2.74 bits per heavy atom. The summed E-state index contributed by atoms with van der Waals surface area (Å²) >= 11 is 0. The Balaban J connectivity index is 2.60. The van der Waals surface area contributed by atoms with Gasteiger partial charge in [0.25, 0.3) is 0 Å². The summed E-state index contributed by atoms with van der Waals surface area (Å²) in [5, 5.41) is 3.42. The van der Waals surface area contributed by atoms with Crippen molar-refractivity contribution in [3.63, 3.8) is 0 Å². The van der Waals surface area contributed by atoms with E-state index >= 15 is 0 Å². The number of hydrogen-bond acceptors (Lipinski definition) is 4. The van der Waals surface area contributed by atoms with Gasteiger partial charge in [0.05, 0.1) is 32.5 Å². The summed E-state index contributed by atoms with van der Waals surface area (Å²) < 4.78 is 16.1. The number of rotatable bonds is 10. The molecule has 108 valence electrons. The second-order valence-electron chi connectivity index (χ2n) is 4.18. The minimum atomic E-state index is 0.183. The van der Waals surface area contributed by atoms with Crippen LogP contribution in [-0.4, -0.2) is 40.1 Å². The highest BCUT2D eigenvalue weighted by Gasteiger charge is 2.11. The number of methoxy groups -OCH3 is 1. The summed E-state index contributed by atoms with van der Waals surface area (Å²) in [7, 11) is 1.68. The van der Waals surface area contributed by atoms with Crippen LogP contribution in [0.2, 0.25) is 0 Å². The van der Waals surface area contributed by atoms with Crippen molar-refractivity contribution in [2.75, 3.05) is 40.1 Å². The maximum atomic E-state index is 5.61. The molecule has 0 aliphatic carbocycles. The van der Waals surface area contributed by atoms with Crippen LogP contribution in [0.25, 0.3) is 0 Å². The second kappa shape index (κ2) is 9.78. The fourth-order valence-electron chi connectivity index (χ4n) is 1.85. The van der Waals surface area contributed by atoms with E-state index in [4.69, 9.17) is 14.2 Å². The molecule has 1 atom stereocenters. The number of nitrogens with one attached hydrogen (secondary N) is 1. The Kier molecular flexibility index (Phi) is 8.21. The molecule has 0 radical (unpaired) electrons. The van der Waals surface area contributed by atoms with Crippen molar-refractivity contribution < 1.29 is 14.2 Å². The smallest absolute Gasteiger partial charge is 0.119 e. The van der Waals surface area contributed by atoms with Gasteiger partial charge in [0.1, 0.15) is 5.75 Å². The Hall–Kier alpha value is -1.10. The molecule has 19 heavy (non-hydrogen) atoms. The van der Waals surface area contributed by atoms with Crippen molar-refractivity contribution in [3.05, 3.63) is 29.8 Å². The van der Waals surface area contributed by atoms with Crippen LogP contribution in [-0.2, 0) is 9.47 Å². The number of benzene rings is 1. The summed E-state index contributed by atoms with van der Waals surface area (Å²) in [6.45, 7) is 7.53. The first-order valence-electron chi connectivity index (χ1n) is 6.84. The molecule has 4 nitrogen and oxygen atoms in total. The molecule has 0 amide bonds. The quantitative estimate of drug-likeness (QED) is 0.661. The fourth-order valence-corrected chi connectivity index (χ4v) is 1.85.